The van der Waals surface area contributed by atoms with Gasteiger partial charge in [0.2, 0.25) is 10.0 Å². The van der Waals surface area contributed by atoms with Gasteiger partial charge in [0.25, 0.3) is 0 Å². The molecule has 0 amide bonds. The molecule has 90 valence electrons. The van der Waals surface area contributed by atoms with Gasteiger partial charge in [0.05, 0.1) is 23.3 Å². The van der Waals surface area contributed by atoms with Crippen LogP contribution in [-0.2, 0) is 15.8 Å². The summed E-state index contributed by atoms with van der Waals surface area (Å²) in [7, 11) is -3.23. The van der Waals surface area contributed by atoms with Crippen LogP contribution in [0, 0.1) is 11.3 Å². The van der Waals surface area contributed by atoms with E-state index < -0.39 is 10.0 Å². The van der Waals surface area contributed by atoms with Crippen molar-refractivity contribution in [1.29, 1.82) is 5.26 Å². The minimum absolute atomic E-state index is 0.0247. The molecule has 0 radical (unpaired) electrons. The topological polar surface area (TPSA) is 61.2 Å². The largest absolute Gasteiger partial charge is 0.219 e. The Kier molecular flexibility index (Phi) is 3.72. The van der Waals surface area contributed by atoms with Crippen LogP contribution < -0.4 is 0 Å². The van der Waals surface area contributed by atoms with Crippen LogP contribution >= 0.6 is 11.8 Å². The monoisotopic (exact) mass is 268 g/mol. The minimum atomic E-state index is -3.23. The molecule has 1 heterocycles. The van der Waals surface area contributed by atoms with Gasteiger partial charge in [-0.25, -0.2) is 8.42 Å². The second kappa shape index (κ2) is 5.08. The molecule has 0 bridgehead atoms. The van der Waals surface area contributed by atoms with E-state index >= 15 is 0 Å². The number of nitrogens with zero attached hydrogens (tertiary/aromatic N) is 2. The van der Waals surface area contributed by atoms with Gasteiger partial charge < -0.3 is 0 Å². The fourth-order valence-electron chi connectivity index (χ4n) is 1.65. The molecule has 0 saturated carbocycles. The Balaban J connectivity index is 2.17. The van der Waals surface area contributed by atoms with Gasteiger partial charge in [0.15, 0.2) is 0 Å². The molecule has 1 aromatic rings. The highest BCUT2D eigenvalue weighted by molar-refractivity contribution is 8.00. The quantitative estimate of drug-likeness (QED) is 0.831. The SMILES string of the molecule is N#Cc1cccc(CS(=O)(=O)N2CCSC2)c1. The van der Waals surface area contributed by atoms with E-state index in [1.165, 1.54) is 4.31 Å². The molecule has 0 spiro atoms. The molecule has 0 unspecified atom stereocenters. The molecular weight excluding hydrogens is 256 g/mol. The van der Waals surface area contributed by atoms with Gasteiger partial charge in [-0.3, -0.25) is 0 Å². The van der Waals surface area contributed by atoms with Crippen molar-refractivity contribution in [2.24, 2.45) is 0 Å². The molecule has 1 saturated heterocycles. The van der Waals surface area contributed by atoms with Crippen molar-refractivity contribution in [2.75, 3.05) is 18.2 Å². The van der Waals surface area contributed by atoms with Gasteiger partial charge in [-0.1, -0.05) is 12.1 Å². The number of hydrogen-bond donors (Lipinski definition) is 0. The second-order valence-corrected chi connectivity index (χ2v) is 6.82. The van der Waals surface area contributed by atoms with Gasteiger partial charge in [-0.2, -0.15) is 9.57 Å². The molecular formula is C11H12N2O2S2. The molecule has 1 fully saturated rings. The van der Waals surface area contributed by atoms with Gasteiger partial charge in [-0.15, -0.1) is 11.8 Å². The third-order valence-corrected chi connectivity index (χ3v) is 5.44. The van der Waals surface area contributed by atoms with Gasteiger partial charge in [-0.05, 0) is 17.7 Å². The summed E-state index contributed by atoms with van der Waals surface area (Å²) in [5.74, 6) is 1.38. The molecule has 0 atom stereocenters. The van der Waals surface area contributed by atoms with Crippen LogP contribution in [0.15, 0.2) is 24.3 Å². The van der Waals surface area contributed by atoms with Crippen molar-refractivity contribution in [3.8, 4) is 6.07 Å². The van der Waals surface area contributed by atoms with Crippen LogP contribution in [0.3, 0.4) is 0 Å². The maximum absolute atomic E-state index is 12.0. The first-order valence-electron chi connectivity index (χ1n) is 5.16. The average molecular weight is 268 g/mol. The summed E-state index contributed by atoms with van der Waals surface area (Å²) >= 11 is 1.62. The summed E-state index contributed by atoms with van der Waals surface area (Å²) in [5, 5.41) is 8.76. The number of hydrogen-bond acceptors (Lipinski definition) is 4. The molecule has 2 rings (SSSR count). The predicted octanol–water partition coefficient (Wildman–Crippen LogP) is 1.39. The third kappa shape index (κ3) is 3.00. The fraction of sp³-hybridized carbons (Fsp3) is 0.364. The van der Waals surface area contributed by atoms with Crippen LogP contribution in [0.5, 0.6) is 0 Å². The molecule has 0 aliphatic carbocycles. The molecule has 0 aromatic heterocycles. The highest BCUT2D eigenvalue weighted by Crippen LogP contribution is 2.20. The van der Waals surface area contributed by atoms with Crippen LogP contribution in [0.1, 0.15) is 11.1 Å². The zero-order valence-electron chi connectivity index (χ0n) is 9.17. The van der Waals surface area contributed by atoms with E-state index in [9.17, 15) is 8.42 Å². The fourth-order valence-corrected chi connectivity index (χ4v) is 4.59. The highest BCUT2D eigenvalue weighted by atomic mass is 32.2. The first-order valence-corrected chi connectivity index (χ1v) is 7.93. The standard InChI is InChI=1S/C11H12N2O2S2/c12-7-10-2-1-3-11(6-10)8-17(14,15)13-4-5-16-9-13/h1-3,6H,4-5,8-9H2. The van der Waals surface area contributed by atoms with E-state index in [0.717, 1.165) is 5.75 Å². The zero-order valence-corrected chi connectivity index (χ0v) is 10.8. The second-order valence-electron chi connectivity index (χ2n) is 3.78. The van der Waals surface area contributed by atoms with Crippen molar-refractivity contribution in [1.82, 2.24) is 4.31 Å². The van der Waals surface area contributed by atoms with Crippen LogP contribution in [0.25, 0.3) is 0 Å². The lowest BCUT2D eigenvalue weighted by Gasteiger charge is -2.14. The van der Waals surface area contributed by atoms with E-state index in [2.05, 4.69) is 0 Å². The molecule has 1 aliphatic rings. The van der Waals surface area contributed by atoms with Gasteiger partial charge in [0.1, 0.15) is 0 Å². The summed E-state index contributed by atoms with van der Waals surface area (Å²) in [6.45, 7) is 0.588. The van der Waals surface area contributed by atoms with Crippen molar-refractivity contribution in [3.05, 3.63) is 35.4 Å². The van der Waals surface area contributed by atoms with E-state index in [0.29, 0.717) is 23.5 Å². The van der Waals surface area contributed by atoms with E-state index in [-0.39, 0.29) is 5.75 Å². The van der Waals surface area contributed by atoms with Gasteiger partial charge >= 0.3 is 0 Å². The maximum Gasteiger partial charge on any atom is 0.219 e. The van der Waals surface area contributed by atoms with Crippen molar-refractivity contribution < 1.29 is 8.42 Å². The Morgan fingerprint density at radius 1 is 1.47 bits per heavy atom. The van der Waals surface area contributed by atoms with E-state index in [4.69, 9.17) is 5.26 Å². The summed E-state index contributed by atoms with van der Waals surface area (Å²) in [5.41, 5.74) is 1.16. The van der Waals surface area contributed by atoms with Crippen molar-refractivity contribution in [3.63, 3.8) is 0 Å². The first kappa shape index (κ1) is 12.4. The molecule has 4 nitrogen and oxygen atoms in total. The van der Waals surface area contributed by atoms with Crippen LogP contribution in [0.2, 0.25) is 0 Å². The predicted molar refractivity (Wildman–Crippen MR) is 67.8 cm³/mol. The Bertz CT molecular complexity index is 543. The normalized spacial score (nSPS) is 16.9. The summed E-state index contributed by atoms with van der Waals surface area (Å²) < 4.78 is 25.6. The van der Waals surface area contributed by atoms with E-state index in [1.807, 2.05) is 6.07 Å². The lowest BCUT2D eigenvalue weighted by Crippen LogP contribution is -2.29. The van der Waals surface area contributed by atoms with E-state index in [1.54, 1.807) is 36.0 Å². The zero-order chi connectivity index (χ0) is 12.3. The Morgan fingerprint density at radius 2 is 2.29 bits per heavy atom. The molecule has 1 aromatic carbocycles. The lowest BCUT2D eigenvalue weighted by atomic mass is 10.2. The number of nitriles is 1. The molecule has 17 heavy (non-hydrogen) atoms. The molecule has 1 aliphatic heterocycles. The summed E-state index contributed by atoms with van der Waals surface area (Å²) in [6, 6.07) is 8.75. The smallest absolute Gasteiger partial charge is 0.212 e. The summed E-state index contributed by atoms with van der Waals surface area (Å²) in [6.07, 6.45) is 0. The highest BCUT2D eigenvalue weighted by Gasteiger charge is 2.25. The molecule has 0 N–H and O–H groups in total. The maximum atomic E-state index is 12.0. The Labute approximate surface area is 105 Å². The van der Waals surface area contributed by atoms with Crippen LogP contribution in [0.4, 0.5) is 0 Å². The lowest BCUT2D eigenvalue weighted by molar-refractivity contribution is 0.488. The number of thioether (sulfide) groups is 1. The number of benzene rings is 1. The van der Waals surface area contributed by atoms with Crippen molar-refractivity contribution >= 4 is 21.8 Å². The van der Waals surface area contributed by atoms with Crippen molar-refractivity contribution in [2.45, 2.75) is 5.75 Å². The Morgan fingerprint density at radius 3 is 2.94 bits per heavy atom. The van der Waals surface area contributed by atoms with Gasteiger partial charge in [0, 0.05) is 12.3 Å². The summed E-state index contributed by atoms with van der Waals surface area (Å²) in [4.78, 5) is 0. The number of sulfonamides is 1. The number of rotatable bonds is 3. The van der Waals surface area contributed by atoms with Crippen LogP contribution in [-0.4, -0.2) is 30.9 Å². The average Bonchev–Trinajstić information content (AvgIpc) is 2.83. The molecule has 6 heteroatoms. The Hall–Kier alpha value is -1.03. The first-order chi connectivity index (χ1) is 8.12. The minimum Gasteiger partial charge on any atom is -0.212 e. The third-order valence-electron chi connectivity index (χ3n) is 2.52.